The van der Waals surface area contributed by atoms with Gasteiger partial charge in [0.2, 0.25) is 0 Å². The molecule has 1 aromatic carbocycles. The first-order valence-corrected chi connectivity index (χ1v) is 6.72. The Balaban J connectivity index is 2.08. The molecule has 5 heteroatoms. The van der Waals surface area contributed by atoms with Gasteiger partial charge < -0.3 is 4.74 Å². The van der Waals surface area contributed by atoms with Crippen molar-refractivity contribution in [2.75, 3.05) is 0 Å². The molecule has 2 atom stereocenters. The van der Waals surface area contributed by atoms with Crippen LogP contribution in [-0.4, -0.2) is 12.1 Å². The molecule has 2 nitrogen and oxygen atoms in total. The molecule has 1 aromatic rings. The van der Waals surface area contributed by atoms with Crippen molar-refractivity contribution in [2.24, 2.45) is 11.8 Å². The molecule has 1 aliphatic rings. The smallest absolute Gasteiger partial charge is 0.338 e. The van der Waals surface area contributed by atoms with Crippen molar-refractivity contribution >= 4 is 5.97 Å². The lowest BCUT2D eigenvalue weighted by Crippen LogP contribution is -2.28. The van der Waals surface area contributed by atoms with Crippen LogP contribution in [0.15, 0.2) is 12.1 Å². The summed E-state index contributed by atoms with van der Waals surface area (Å²) in [6.45, 7) is 4.15. The van der Waals surface area contributed by atoms with Gasteiger partial charge in [-0.3, -0.25) is 0 Å². The summed E-state index contributed by atoms with van der Waals surface area (Å²) in [5, 5.41) is 0. The summed E-state index contributed by atoms with van der Waals surface area (Å²) in [6, 6.07) is 1.33. The Labute approximate surface area is 115 Å². The van der Waals surface area contributed by atoms with E-state index in [2.05, 4.69) is 13.8 Å². The topological polar surface area (TPSA) is 26.3 Å². The van der Waals surface area contributed by atoms with Crippen molar-refractivity contribution in [3.63, 3.8) is 0 Å². The summed E-state index contributed by atoms with van der Waals surface area (Å²) >= 11 is 0. The molecule has 2 rings (SSSR count). The van der Waals surface area contributed by atoms with Crippen molar-refractivity contribution in [1.82, 2.24) is 0 Å². The molecule has 0 radical (unpaired) electrons. The summed E-state index contributed by atoms with van der Waals surface area (Å²) in [6.07, 6.45) is 2.30. The zero-order valence-corrected chi connectivity index (χ0v) is 11.5. The van der Waals surface area contributed by atoms with Crippen LogP contribution in [0.5, 0.6) is 0 Å². The Kier molecular flexibility index (Phi) is 4.35. The number of carbonyl (C=O) groups excluding carboxylic acids is 1. The van der Waals surface area contributed by atoms with Gasteiger partial charge in [0.1, 0.15) is 6.10 Å². The fourth-order valence-corrected chi connectivity index (χ4v) is 2.86. The van der Waals surface area contributed by atoms with Crippen LogP contribution in [0.3, 0.4) is 0 Å². The van der Waals surface area contributed by atoms with E-state index in [9.17, 15) is 18.0 Å². The van der Waals surface area contributed by atoms with Crippen LogP contribution in [0.1, 0.15) is 43.5 Å². The highest BCUT2D eigenvalue weighted by molar-refractivity contribution is 5.89. The molecule has 0 bridgehead atoms. The lowest BCUT2D eigenvalue weighted by molar-refractivity contribution is 0.00794. The van der Waals surface area contributed by atoms with E-state index in [0.29, 0.717) is 24.0 Å². The number of hydrogen-bond donors (Lipinski definition) is 0. The van der Waals surface area contributed by atoms with Gasteiger partial charge >= 0.3 is 5.97 Å². The third kappa shape index (κ3) is 3.32. The summed E-state index contributed by atoms with van der Waals surface area (Å²) in [5.41, 5.74) is -0.299. The number of halogens is 3. The highest BCUT2D eigenvalue weighted by Crippen LogP contribution is 2.30. The fourth-order valence-electron chi connectivity index (χ4n) is 2.86. The molecule has 1 saturated carbocycles. The quantitative estimate of drug-likeness (QED) is 0.604. The van der Waals surface area contributed by atoms with Gasteiger partial charge in [-0.05, 0) is 43.2 Å². The SMILES string of the molecule is CC1CC(C)CC(OC(=O)c2cc(F)c(F)c(F)c2)C1. The molecule has 0 N–H and O–H groups in total. The van der Waals surface area contributed by atoms with Crippen LogP contribution < -0.4 is 0 Å². The second-order valence-corrected chi connectivity index (χ2v) is 5.70. The van der Waals surface area contributed by atoms with Gasteiger partial charge in [-0.15, -0.1) is 0 Å². The molecular weight excluding hydrogens is 269 g/mol. The number of hydrogen-bond acceptors (Lipinski definition) is 2. The van der Waals surface area contributed by atoms with Crippen LogP contribution in [-0.2, 0) is 4.74 Å². The van der Waals surface area contributed by atoms with Crippen molar-refractivity contribution in [1.29, 1.82) is 0 Å². The third-order valence-corrected chi connectivity index (χ3v) is 3.63. The molecule has 1 fully saturated rings. The van der Waals surface area contributed by atoms with Gasteiger partial charge in [-0.2, -0.15) is 0 Å². The standard InChI is InChI=1S/C15H17F3O2/c1-8-3-9(2)5-11(4-8)20-15(19)10-6-12(16)14(18)13(17)7-10/h6-9,11H,3-5H2,1-2H3. The number of rotatable bonds is 2. The molecule has 0 saturated heterocycles. The van der Waals surface area contributed by atoms with Crippen LogP contribution in [0, 0.1) is 29.3 Å². The molecule has 110 valence electrons. The first kappa shape index (κ1) is 14.9. The zero-order valence-electron chi connectivity index (χ0n) is 11.5. The Morgan fingerprint density at radius 1 is 1.05 bits per heavy atom. The first-order chi connectivity index (χ1) is 9.36. The summed E-state index contributed by atoms with van der Waals surface area (Å²) in [5.74, 6) is -4.28. The molecule has 2 unspecified atom stereocenters. The number of benzene rings is 1. The van der Waals surface area contributed by atoms with Crippen molar-refractivity contribution in [3.05, 3.63) is 35.1 Å². The summed E-state index contributed by atoms with van der Waals surface area (Å²) < 4.78 is 44.3. The second kappa shape index (κ2) is 5.85. The molecule has 0 heterocycles. The van der Waals surface area contributed by atoms with Crippen LogP contribution in [0.25, 0.3) is 0 Å². The predicted octanol–water partition coefficient (Wildman–Crippen LogP) is 4.09. The monoisotopic (exact) mass is 286 g/mol. The maximum absolute atomic E-state index is 13.1. The maximum atomic E-state index is 13.1. The van der Waals surface area contributed by atoms with Crippen molar-refractivity contribution in [3.8, 4) is 0 Å². The van der Waals surface area contributed by atoms with E-state index in [1.165, 1.54) is 0 Å². The largest absolute Gasteiger partial charge is 0.459 e. The van der Waals surface area contributed by atoms with E-state index < -0.39 is 23.4 Å². The Bertz CT molecular complexity index is 483. The Morgan fingerprint density at radius 3 is 2.05 bits per heavy atom. The molecule has 0 aliphatic heterocycles. The normalized spacial score (nSPS) is 26.4. The van der Waals surface area contributed by atoms with E-state index >= 15 is 0 Å². The summed E-state index contributed by atoms with van der Waals surface area (Å²) in [7, 11) is 0. The highest BCUT2D eigenvalue weighted by atomic mass is 19.2. The molecular formula is C15H17F3O2. The molecule has 20 heavy (non-hydrogen) atoms. The second-order valence-electron chi connectivity index (χ2n) is 5.70. The molecule has 1 aliphatic carbocycles. The fraction of sp³-hybridized carbons (Fsp3) is 0.533. The van der Waals surface area contributed by atoms with Crippen molar-refractivity contribution < 1.29 is 22.7 Å². The minimum atomic E-state index is -1.58. The van der Waals surface area contributed by atoms with Crippen LogP contribution in [0.2, 0.25) is 0 Å². The van der Waals surface area contributed by atoms with E-state index in [-0.39, 0.29) is 11.7 Å². The van der Waals surface area contributed by atoms with E-state index in [0.717, 1.165) is 19.3 Å². The lowest BCUT2D eigenvalue weighted by Gasteiger charge is -2.31. The van der Waals surface area contributed by atoms with E-state index in [1.54, 1.807) is 0 Å². The van der Waals surface area contributed by atoms with Gasteiger partial charge in [0.05, 0.1) is 5.56 Å². The highest BCUT2D eigenvalue weighted by Gasteiger charge is 2.27. The minimum absolute atomic E-state index is 0.252. The van der Waals surface area contributed by atoms with E-state index in [1.807, 2.05) is 0 Å². The number of carbonyl (C=O) groups is 1. The number of esters is 1. The average Bonchev–Trinajstić information content (AvgIpc) is 2.33. The first-order valence-electron chi connectivity index (χ1n) is 6.72. The predicted molar refractivity (Wildman–Crippen MR) is 67.7 cm³/mol. The lowest BCUT2D eigenvalue weighted by atomic mass is 9.82. The molecule has 0 spiro atoms. The van der Waals surface area contributed by atoms with Crippen molar-refractivity contribution in [2.45, 2.75) is 39.2 Å². The van der Waals surface area contributed by atoms with Gasteiger partial charge in [-0.1, -0.05) is 13.8 Å². The zero-order chi connectivity index (χ0) is 14.9. The van der Waals surface area contributed by atoms with Gasteiger partial charge in [0.15, 0.2) is 17.5 Å². The van der Waals surface area contributed by atoms with Crippen LogP contribution >= 0.6 is 0 Å². The van der Waals surface area contributed by atoms with Crippen LogP contribution in [0.4, 0.5) is 13.2 Å². The third-order valence-electron chi connectivity index (χ3n) is 3.63. The summed E-state index contributed by atoms with van der Waals surface area (Å²) in [4.78, 5) is 11.9. The number of ether oxygens (including phenoxy) is 1. The minimum Gasteiger partial charge on any atom is -0.459 e. The van der Waals surface area contributed by atoms with E-state index in [4.69, 9.17) is 4.74 Å². The van der Waals surface area contributed by atoms with Gasteiger partial charge in [-0.25, -0.2) is 18.0 Å². The Hall–Kier alpha value is -1.52. The van der Waals surface area contributed by atoms with Gasteiger partial charge in [0, 0.05) is 0 Å². The molecule has 0 amide bonds. The average molecular weight is 286 g/mol. The van der Waals surface area contributed by atoms with Gasteiger partial charge in [0.25, 0.3) is 0 Å². The molecule has 0 aromatic heterocycles. The Morgan fingerprint density at radius 2 is 1.55 bits per heavy atom. The maximum Gasteiger partial charge on any atom is 0.338 e.